The molecule has 0 aliphatic carbocycles. The molecule has 1 aliphatic heterocycles. The zero-order valence-electron chi connectivity index (χ0n) is 11.4. The van der Waals surface area contributed by atoms with Crippen LogP contribution in [0.1, 0.15) is 34.6 Å². The van der Waals surface area contributed by atoms with Gasteiger partial charge in [0.1, 0.15) is 5.37 Å². The van der Waals surface area contributed by atoms with Gasteiger partial charge in [0, 0.05) is 6.92 Å². The van der Waals surface area contributed by atoms with Crippen molar-refractivity contribution in [2.24, 2.45) is 0 Å². The van der Waals surface area contributed by atoms with Crippen LogP contribution in [0.5, 0.6) is 0 Å². The van der Waals surface area contributed by atoms with Crippen LogP contribution in [0.3, 0.4) is 0 Å². The van der Waals surface area contributed by atoms with E-state index in [1.807, 2.05) is 0 Å². The summed E-state index contributed by atoms with van der Waals surface area (Å²) in [5.74, 6) is -0.121. The predicted molar refractivity (Wildman–Crippen MR) is 67.3 cm³/mol. The minimum Gasteiger partial charge on any atom is -0.329 e. The first kappa shape index (κ1) is 14.4. The lowest BCUT2D eigenvalue weighted by Gasteiger charge is -2.55. The summed E-state index contributed by atoms with van der Waals surface area (Å²) in [7, 11) is -1.65. The van der Waals surface area contributed by atoms with Crippen LogP contribution < -0.4 is 5.32 Å². The highest BCUT2D eigenvalue weighted by Gasteiger charge is 2.55. The fourth-order valence-corrected chi connectivity index (χ4v) is 5.97. The van der Waals surface area contributed by atoms with Crippen molar-refractivity contribution in [2.75, 3.05) is 12.8 Å². The van der Waals surface area contributed by atoms with Crippen LogP contribution in [0.2, 0.25) is 0 Å². The van der Waals surface area contributed by atoms with Crippen LogP contribution in [0, 0.1) is 0 Å². The molecular formula is C11H22N2O3S. The Kier molecular flexibility index (Phi) is 3.35. The van der Waals surface area contributed by atoms with E-state index in [-0.39, 0.29) is 11.7 Å². The van der Waals surface area contributed by atoms with Crippen molar-refractivity contribution in [3.05, 3.63) is 0 Å². The van der Waals surface area contributed by atoms with E-state index < -0.39 is 26.3 Å². The van der Waals surface area contributed by atoms with Crippen LogP contribution in [-0.2, 0) is 14.6 Å². The fraction of sp³-hybridized carbons (Fsp3) is 0.909. The summed E-state index contributed by atoms with van der Waals surface area (Å²) in [5, 5.41) is 2.10. The highest BCUT2D eigenvalue weighted by atomic mass is 32.2. The van der Waals surface area contributed by atoms with Gasteiger partial charge in [-0.3, -0.25) is 4.79 Å². The molecule has 100 valence electrons. The van der Waals surface area contributed by atoms with Crippen LogP contribution >= 0.6 is 0 Å². The SMILES string of the molecule is CNC1C(C)(C)N(C(C)=O)C(C)(C)CS1(=O)=O. The predicted octanol–water partition coefficient (Wildman–Crippen LogP) is 0.366. The third-order valence-electron chi connectivity index (χ3n) is 3.31. The zero-order valence-corrected chi connectivity index (χ0v) is 12.2. The van der Waals surface area contributed by atoms with Gasteiger partial charge in [0.25, 0.3) is 0 Å². The molecule has 1 rings (SSSR count). The second-order valence-corrected chi connectivity index (χ2v) is 7.88. The van der Waals surface area contributed by atoms with Crippen molar-refractivity contribution in [3.8, 4) is 0 Å². The fourth-order valence-electron chi connectivity index (χ4n) is 3.34. The summed E-state index contributed by atoms with van der Waals surface area (Å²) in [4.78, 5) is 13.5. The summed E-state index contributed by atoms with van der Waals surface area (Å²) in [6.07, 6.45) is 0. The molecule has 1 heterocycles. The Hall–Kier alpha value is -0.620. The van der Waals surface area contributed by atoms with Crippen LogP contribution in [0.4, 0.5) is 0 Å². The topological polar surface area (TPSA) is 66.5 Å². The normalized spacial score (nSPS) is 30.0. The molecule has 1 fully saturated rings. The highest BCUT2D eigenvalue weighted by molar-refractivity contribution is 7.92. The lowest BCUT2D eigenvalue weighted by molar-refractivity contribution is -0.142. The number of sulfone groups is 1. The van der Waals surface area contributed by atoms with Gasteiger partial charge in [0.15, 0.2) is 9.84 Å². The van der Waals surface area contributed by atoms with Crippen LogP contribution in [-0.4, -0.2) is 48.5 Å². The Bertz CT molecular complexity index is 426. The number of nitrogens with zero attached hydrogens (tertiary/aromatic N) is 1. The molecule has 1 atom stereocenters. The minimum atomic E-state index is -3.26. The van der Waals surface area contributed by atoms with Gasteiger partial charge in [-0.15, -0.1) is 0 Å². The third-order valence-corrected chi connectivity index (χ3v) is 5.95. The maximum atomic E-state index is 12.2. The number of likely N-dealkylation sites (N-methyl/N-ethyl adjacent to an activating group) is 1. The van der Waals surface area contributed by atoms with E-state index in [0.717, 1.165) is 0 Å². The average Bonchev–Trinajstić information content (AvgIpc) is 1.95. The largest absolute Gasteiger partial charge is 0.329 e. The van der Waals surface area contributed by atoms with Crippen LogP contribution in [0.15, 0.2) is 0 Å². The van der Waals surface area contributed by atoms with Crippen molar-refractivity contribution in [1.82, 2.24) is 10.2 Å². The molecule has 6 heteroatoms. The van der Waals surface area contributed by atoms with Gasteiger partial charge < -0.3 is 10.2 Å². The van der Waals surface area contributed by atoms with Gasteiger partial charge in [-0.25, -0.2) is 8.42 Å². The van der Waals surface area contributed by atoms with Crippen molar-refractivity contribution in [3.63, 3.8) is 0 Å². The smallest absolute Gasteiger partial charge is 0.220 e. The zero-order chi connectivity index (χ0) is 13.6. The van der Waals surface area contributed by atoms with E-state index in [2.05, 4.69) is 5.32 Å². The minimum absolute atomic E-state index is 0.0193. The Labute approximate surface area is 103 Å². The van der Waals surface area contributed by atoms with Crippen molar-refractivity contribution in [2.45, 2.75) is 51.1 Å². The Morgan fingerprint density at radius 2 is 1.76 bits per heavy atom. The van der Waals surface area contributed by atoms with Gasteiger partial charge in [-0.05, 0) is 34.7 Å². The quantitative estimate of drug-likeness (QED) is 0.741. The molecule has 0 bridgehead atoms. The van der Waals surface area contributed by atoms with Gasteiger partial charge in [-0.2, -0.15) is 0 Å². The number of nitrogens with one attached hydrogen (secondary N) is 1. The van der Waals surface area contributed by atoms with Crippen molar-refractivity contribution < 1.29 is 13.2 Å². The molecule has 5 nitrogen and oxygen atoms in total. The average molecular weight is 262 g/mol. The van der Waals surface area contributed by atoms with Crippen molar-refractivity contribution >= 4 is 15.7 Å². The lowest BCUT2D eigenvalue weighted by Crippen LogP contribution is -2.73. The molecule has 1 saturated heterocycles. The van der Waals surface area contributed by atoms with E-state index in [9.17, 15) is 13.2 Å². The van der Waals surface area contributed by atoms with E-state index in [1.54, 1.807) is 39.6 Å². The standard InChI is InChI=1S/C11H22N2O3S/c1-8(14)13-10(2,3)7-17(15,16)9(12-6)11(13,4)5/h9,12H,7H2,1-6H3. The summed E-state index contributed by atoms with van der Waals surface area (Å²) < 4.78 is 24.4. The van der Waals surface area contributed by atoms with E-state index in [4.69, 9.17) is 0 Å². The van der Waals surface area contributed by atoms with Gasteiger partial charge in [-0.1, -0.05) is 0 Å². The van der Waals surface area contributed by atoms with Crippen LogP contribution in [0.25, 0.3) is 0 Å². The summed E-state index contributed by atoms with van der Waals surface area (Å²) >= 11 is 0. The first-order valence-corrected chi connectivity index (χ1v) is 7.38. The Morgan fingerprint density at radius 1 is 1.29 bits per heavy atom. The summed E-state index contributed by atoms with van der Waals surface area (Å²) in [5.41, 5.74) is -1.44. The monoisotopic (exact) mass is 262 g/mol. The number of hydrogen-bond acceptors (Lipinski definition) is 4. The molecule has 17 heavy (non-hydrogen) atoms. The van der Waals surface area contributed by atoms with Gasteiger partial charge in [0.2, 0.25) is 5.91 Å². The second-order valence-electron chi connectivity index (χ2n) is 5.80. The number of amides is 1. The van der Waals surface area contributed by atoms with Gasteiger partial charge >= 0.3 is 0 Å². The van der Waals surface area contributed by atoms with E-state index in [0.29, 0.717) is 0 Å². The van der Waals surface area contributed by atoms with Crippen molar-refractivity contribution in [1.29, 1.82) is 0 Å². The first-order chi connectivity index (χ1) is 7.47. The number of carbonyl (C=O) groups excluding carboxylic acids is 1. The second kappa shape index (κ2) is 3.95. The van der Waals surface area contributed by atoms with E-state index >= 15 is 0 Å². The molecule has 1 amide bonds. The maximum Gasteiger partial charge on any atom is 0.220 e. The summed E-state index contributed by atoms with van der Waals surface area (Å²) in [6, 6.07) is 0. The molecule has 0 aromatic rings. The number of hydrogen-bond donors (Lipinski definition) is 1. The number of rotatable bonds is 1. The molecule has 0 spiro atoms. The Morgan fingerprint density at radius 3 is 2.12 bits per heavy atom. The molecule has 0 aromatic heterocycles. The molecule has 0 radical (unpaired) electrons. The lowest BCUT2D eigenvalue weighted by atomic mass is 9.93. The molecule has 0 aromatic carbocycles. The molecular weight excluding hydrogens is 240 g/mol. The van der Waals surface area contributed by atoms with Gasteiger partial charge in [0.05, 0.1) is 16.8 Å². The highest BCUT2D eigenvalue weighted by Crippen LogP contribution is 2.37. The molecule has 0 saturated carbocycles. The third kappa shape index (κ3) is 2.20. The maximum absolute atomic E-state index is 12.2. The van der Waals surface area contributed by atoms with E-state index in [1.165, 1.54) is 6.92 Å². The first-order valence-electron chi connectivity index (χ1n) is 5.66. The summed E-state index contributed by atoms with van der Waals surface area (Å²) in [6.45, 7) is 8.63. The molecule has 1 unspecified atom stereocenters. The Balaban J connectivity index is 3.40. The molecule has 1 N–H and O–H groups in total. The number of carbonyl (C=O) groups is 1. The molecule has 1 aliphatic rings.